The summed E-state index contributed by atoms with van der Waals surface area (Å²) in [5.74, 6) is 0. The third kappa shape index (κ3) is 1.84. The van der Waals surface area contributed by atoms with Gasteiger partial charge in [0.05, 0.1) is 21.0 Å². The van der Waals surface area contributed by atoms with E-state index in [1.54, 1.807) is 34.0 Å². The molecule has 0 aliphatic carbocycles. The van der Waals surface area contributed by atoms with Crippen molar-refractivity contribution < 1.29 is 0 Å². The lowest BCUT2D eigenvalue weighted by Crippen LogP contribution is -1.90. The molecule has 0 N–H and O–H groups in total. The molecule has 0 saturated carbocycles. The molecular weight excluding hydrogens is 302 g/mol. The largest absolute Gasteiger partial charge is 0.250 e. The molecule has 0 bridgehead atoms. The number of thiophene rings is 3. The highest BCUT2D eigenvalue weighted by molar-refractivity contribution is 7.18. The molecular formula is C16H11NS3. The van der Waals surface area contributed by atoms with Crippen LogP contribution in [0.25, 0.3) is 31.1 Å². The minimum atomic E-state index is 1.12. The summed E-state index contributed by atoms with van der Waals surface area (Å²) in [7, 11) is 0. The zero-order valence-electron chi connectivity index (χ0n) is 10.8. The molecule has 0 unspecified atom stereocenters. The summed E-state index contributed by atoms with van der Waals surface area (Å²) in [6.07, 6.45) is 0. The van der Waals surface area contributed by atoms with E-state index in [1.165, 1.54) is 25.4 Å². The van der Waals surface area contributed by atoms with Crippen molar-refractivity contribution in [3.05, 3.63) is 52.2 Å². The number of hydrogen-bond acceptors (Lipinski definition) is 4. The second-order valence-corrected chi connectivity index (χ2v) is 7.35. The molecule has 0 aliphatic heterocycles. The maximum atomic E-state index is 4.90. The van der Waals surface area contributed by atoms with Crippen molar-refractivity contribution in [1.29, 1.82) is 0 Å². The summed E-state index contributed by atoms with van der Waals surface area (Å²) in [4.78, 5) is 7.44. The highest BCUT2D eigenvalue weighted by Gasteiger charge is 2.17. The Balaban J connectivity index is 2.14. The van der Waals surface area contributed by atoms with Crippen molar-refractivity contribution in [1.82, 2.24) is 4.98 Å². The molecule has 0 aromatic carbocycles. The van der Waals surface area contributed by atoms with Gasteiger partial charge in [-0.3, -0.25) is 4.98 Å². The third-order valence-electron chi connectivity index (χ3n) is 3.30. The van der Waals surface area contributed by atoms with Gasteiger partial charge in [0.1, 0.15) is 0 Å². The average Bonchev–Trinajstić information content (AvgIpc) is 3.20. The summed E-state index contributed by atoms with van der Waals surface area (Å²) in [5, 5.41) is 7.73. The van der Waals surface area contributed by atoms with Gasteiger partial charge in [-0.15, -0.1) is 34.0 Å². The summed E-state index contributed by atoms with van der Waals surface area (Å²) >= 11 is 5.31. The Hall–Kier alpha value is -1.49. The zero-order chi connectivity index (χ0) is 13.5. The van der Waals surface area contributed by atoms with Crippen LogP contribution in [0, 0.1) is 6.92 Å². The van der Waals surface area contributed by atoms with E-state index >= 15 is 0 Å². The number of hydrogen-bond donors (Lipinski definition) is 0. The minimum absolute atomic E-state index is 1.12. The predicted molar refractivity (Wildman–Crippen MR) is 91.0 cm³/mol. The van der Waals surface area contributed by atoms with E-state index in [2.05, 4.69) is 53.4 Å². The highest BCUT2D eigenvalue weighted by Crippen LogP contribution is 2.42. The van der Waals surface area contributed by atoms with Crippen molar-refractivity contribution in [2.75, 3.05) is 0 Å². The monoisotopic (exact) mass is 313 g/mol. The number of aromatic nitrogens is 1. The molecule has 4 heterocycles. The fourth-order valence-electron chi connectivity index (χ4n) is 2.45. The van der Waals surface area contributed by atoms with E-state index in [0.717, 1.165) is 11.4 Å². The first-order valence-corrected chi connectivity index (χ1v) is 8.94. The zero-order valence-corrected chi connectivity index (χ0v) is 13.2. The van der Waals surface area contributed by atoms with E-state index in [-0.39, 0.29) is 0 Å². The molecule has 0 fully saturated rings. The van der Waals surface area contributed by atoms with Crippen LogP contribution in [0.1, 0.15) is 5.69 Å². The van der Waals surface area contributed by atoms with E-state index in [0.29, 0.717) is 0 Å². The topological polar surface area (TPSA) is 12.9 Å². The molecule has 4 aromatic heterocycles. The number of rotatable bonds is 2. The van der Waals surface area contributed by atoms with Crippen LogP contribution in [-0.2, 0) is 0 Å². The number of aryl methyl sites for hydroxylation is 1. The van der Waals surface area contributed by atoms with Gasteiger partial charge in [0.15, 0.2) is 0 Å². The van der Waals surface area contributed by atoms with Crippen LogP contribution in [0.3, 0.4) is 0 Å². The van der Waals surface area contributed by atoms with Gasteiger partial charge in [-0.2, -0.15) is 0 Å². The van der Waals surface area contributed by atoms with Crippen LogP contribution >= 0.6 is 34.0 Å². The molecule has 0 radical (unpaired) electrons. The van der Waals surface area contributed by atoms with Gasteiger partial charge in [-0.05, 0) is 41.3 Å². The second kappa shape index (κ2) is 4.81. The smallest absolute Gasteiger partial charge is 0.0898 e. The van der Waals surface area contributed by atoms with Crippen LogP contribution in [0.2, 0.25) is 0 Å². The van der Waals surface area contributed by atoms with Gasteiger partial charge in [-0.1, -0.05) is 12.1 Å². The van der Waals surface area contributed by atoms with E-state index in [4.69, 9.17) is 4.98 Å². The Bertz CT molecular complexity index is 855. The van der Waals surface area contributed by atoms with Crippen molar-refractivity contribution in [2.24, 2.45) is 0 Å². The molecule has 0 atom stereocenters. The quantitative estimate of drug-likeness (QED) is 0.438. The lowest BCUT2D eigenvalue weighted by atomic mass is 10.1. The van der Waals surface area contributed by atoms with E-state index in [1.807, 2.05) is 0 Å². The van der Waals surface area contributed by atoms with Crippen molar-refractivity contribution in [2.45, 2.75) is 6.92 Å². The summed E-state index contributed by atoms with van der Waals surface area (Å²) in [5.41, 5.74) is 3.52. The maximum Gasteiger partial charge on any atom is 0.0898 e. The third-order valence-corrected chi connectivity index (χ3v) is 6.09. The van der Waals surface area contributed by atoms with Crippen LogP contribution < -0.4 is 0 Å². The molecule has 98 valence electrons. The van der Waals surface area contributed by atoms with Crippen molar-refractivity contribution in [3.63, 3.8) is 0 Å². The lowest BCUT2D eigenvalue weighted by Gasteiger charge is -2.09. The molecule has 4 rings (SSSR count). The van der Waals surface area contributed by atoms with Gasteiger partial charge in [-0.25, -0.2) is 0 Å². The number of fused-ring (bicyclic) bond motifs is 1. The Morgan fingerprint density at radius 3 is 2.30 bits per heavy atom. The van der Waals surface area contributed by atoms with Crippen LogP contribution in [0.4, 0.5) is 0 Å². The average molecular weight is 313 g/mol. The predicted octanol–water partition coefficient (Wildman–Crippen LogP) is 6.06. The Morgan fingerprint density at radius 1 is 0.850 bits per heavy atom. The highest BCUT2D eigenvalue weighted by atomic mass is 32.1. The second-order valence-electron chi connectivity index (χ2n) is 4.54. The molecule has 1 nitrogen and oxygen atoms in total. The lowest BCUT2D eigenvalue weighted by molar-refractivity contribution is 1.26. The van der Waals surface area contributed by atoms with Crippen LogP contribution in [0.5, 0.6) is 0 Å². The van der Waals surface area contributed by atoms with Gasteiger partial charge in [0, 0.05) is 15.8 Å². The Kier molecular flexibility index (Phi) is 2.95. The standard InChI is InChI=1S/C16H11NS3/c1-10-16-11(6-9-20-16)14(12-4-2-7-18-12)15(17-10)13-5-3-8-19-13/h2-9H,1H3. The molecule has 0 aliphatic rings. The Labute approximate surface area is 129 Å². The summed E-state index contributed by atoms with van der Waals surface area (Å²) in [6, 6.07) is 10.8. The number of pyridine rings is 1. The molecule has 20 heavy (non-hydrogen) atoms. The molecule has 4 aromatic rings. The number of nitrogens with zero attached hydrogens (tertiary/aromatic N) is 1. The Morgan fingerprint density at radius 2 is 1.60 bits per heavy atom. The van der Waals surface area contributed by atoms with Crippen LogP contribution in [0.15, 0.2) is 46.5 Å². The van der Waals surface area contributed by atoms with E-state index < -0.39 is 0 Å². The fourth-order valence-corrected chi connectivity index (χ4v) is 4.81. The molecule has 4 heteroatoms. The minimum Gasteiger partial charge on any atom is -0.250 e. The van der Waals surface area contributed by atoms with E-state index in [9.17, 15) is 0 Å². The summed E-state index contributed by atoms with van der Waals surface area (Å²) in [6.45, 7) is 2.11. The molecule has 0 saturated heterocycles. The fraction of sp³-hybridized carbons (Fsp3) is 0.0625. The molecule has 0 amide bonds. The first-order chi connectivity index (χ1) is 9.84. The normalized spacial score (nSPS) is 11.2. The molecule has 0 spiro atoms. The SMILES string of the molecule is Cc1nc(-c2cccs2)c(-c2cccs2)c2ccsc12. The van der Waals surface area contributed by atoms with Crippen molar-refractivity contribution in [3.8, 4) is 21.0 Å². The van der Waals surface area contributed by atoms with Gasteiger partial charge < -0.3 is 0 Å². The first-order valence-electron chi connectivity index (χ1n) is 6.30. The van der Waals surface area contributed by atoms with Gasteiger partial charge in [0.25, 0.3) is 0 Å². The van der Waals surface area contributed by atoms with Gasteiger partial charge >= 0.3 is 0 Å². The van der Waals surface area contributed by atoms with Crippen LogP contribution in [-0.4, -0.2) is 4.98 Å². The first kappa shape index (κ1) is 12.3. The van der Waals surface area contributed by atoms with Crippen molar-refractivity contribution >= 4 is 44.1 Å². The maximum absolute atomic E-state index is 4.90. The summed E-state index contributed by atoms with van der Waals surface area (Å²) < 4.78 is 1.30. The van der Waals surface area contributed by atoms with Gasteiger partial charge in [0.2, 0.25) is 0 Å².